The van der Waals surface area contributed by atoms with Crippen LogP contribution in [0.5, 0.6) is 0 Å². The first-order valence-electron chi connectivity index (χ1n) is 19.4. The molecule has 0 fully saturated rings. The van der Waals surface area contributed by atoms with Crippen LogP contribution in [0.4, 0.5) is 34.1 Å². The molecule has 0 amide bonds. The molecule has 9 aromatic carbocycles. The number of rotatable bonds is 9. The lowest BCUT2D eigenvalue weighted by Crippen LogP contribution is -2.13. The Hall–Kier alpha value is -7.62. The molecule has 0 aliphatic heterocycles. The molecular weight excluding hydrogens is 691 g/mol. The first-order chi connectivity index (χ1) is 28.3. The van der Waals surface area contributed by atoms with Gasteiger partial charge in [0.2, 0.25) is 0 Å². The van der Waals surface area contributed by atoms with Crippen molar-refractivity contribution in [1.82, 2.24) is 4.57 Å². The molecule has 10 rings (SSSR count). The number of benzene rings is 9. The highest BCUT2D eigenvalue weighted by Crippen LogP contribution is 2.44. The van der Waals surface area contributed by atoms with E-state index >= 15 is 0 Å². The SMILES string of the molecule is c1ccc(N(c2ccccc2)c2cc(-c3cccc(-c4ccc5c(c4)c4ccccc4n5-c4ccccc4)c3)cc(N(c3ccccc3)c3ccccc3)c2)cc1. The molecule has 1 heterocycles. The van der Waals surface area contributed by atoms with Gasteiger partial charge < -0.3 is 14.4 Å². The van der Waals surface area contributed by atoms with E-state index in [1.165, 1.54) is 32.9 Å². The largest absolute Gasteiger partial charge is 0.310 e. The van der Waals surface area contributed by atoms with Crippen molar-refractivity contribution in [3.8, 4) is 27.9 Å². The van der Waals surface area contributed by atoms with Crippen molar-refractivity contribution in [2.45, 2.75) is 0 Å². The summed E-state index contributed by atoms with van der Waals surface area (Å²) in [5, 5.41) is 2.49. The van der Waals surface area contributed by atoms with Crippen LogP contribution < -0.4 is 9.80 Å². The zero-order valence-electron chi connectivity index (χ0n) is 31.4. The maximum absolute atomic E-state index is 2.37. The Kier molecular flexibility index (Phi) is 8.86. The van der Waals surface area contributed by atoms with Crippen molar-refractivity contribution in [1.29, 1.82) is 0 Å². The van der Waals surface area contributed by atoms with Crippen LogP contribution in [0.3, 0.4) is 0 Å². The van der Waals surface area contributed by atoms with E-state index in [1.807, 2.05) is 0 Å². The number of para-hydroxylation sites is 6. The van der Waals surface area contributed by atoms with Gasteiger partial charge in [0.25, 0.3) is 0 Å². The molecule has 0 unspecified atom stereocenters. The summed E-state index contributed by atoms with van der Waals surface area (Å²) in [7, 11) is 0. The quantitative estimate of drug-likeness (QED) is 0.147. The fraction of sp³-hybridized carbons (Fsp3) is 0. The number of anilines is 6. The molecule has 10 aromatic rings. The summed E-state index contributed by atoms with van der Waals surface area (Å²) in [6, 6.07) is 84.8. The smallest absolute Gasteiger partial charge is 0.0541 e. The first kappa shape index (κ1) is 33.9. The zero-order valence-corrected chi connectivity index (χ0v) is 31.4. The number of fused-ring (bicyclic) bond motifs is 3. The molecule has 1 aromatic heterocycles. The average Bonchev–Trinajstić information content (AvgIpc) is 3.62. The Morgan fingerprint density at radius 3 is 1.19 bits per heavy atom. The van der Waals surface area contributed by atoms with Crippen molar-refractivity contribution >= 4 is 55.9 Å². The van der Waals surface area contributed by atoms with Crippen molar-refractivity contribution < 1.29 is 0 Å². The molecule has 0 aliphatic carbocycles. The summed E-state index contributed by atoms with van der Waals surface area (Å²) in [5.41, 5.74) is 14.7. The first-order valence-corrected chi connectivity index (χ1v) is 19.4. The summed E-state index contributed by atoms with van der Waals surface area (Å²) in [4.78, 5) is 4.70. The van der Waals surface area contributed by atoms with E-state index in [2.05, 4.69) is 251 Å². The maximum Gasteiger partial charge on any atom is 0.0541 e. The van der Waals surface area contributed by atoms with Crippen molar-refractivity contribution in [2.75, 3.05) is 9.80 Å². The lowest BCUT2D eigenvalue weighted by atomic mass is 9.96. The van der Waals surface area contributed by atoms with Crippen LogP contribution in [-0.2, 0) is 0 Å². The molecule has 0 aliphatic rings. The third-order valence-electron chi connectivity index (χ3n) is 10.7. The van der Waals surface area contributed by atoms with E-state index in [0.717, 1.165) is 50.9 Å². The second kappa shape index (κ2) is 14.9. The summed E-state index contributed by atoms with van der Waals surface area (Å²) in [6.07, 6.45) is 0. The lowest BCUT2D eigenvalue weighted by molar-refractivity contribution is 1.18. The normalized spacial score (nSPS) is 11.2. The van der Waals surface area contributed by atoms with E-state index < -0.39 is 0 Å². The summed E-state index contributed by atoms with van der Waals surface area (Å²) in [6.45, 7) is 0. The fourth-order valence-electron chi connectivity index (χ4n) is 8.11. The predicted molar refractivity (Wildman–Crippen MR) is 241 cm³/mol. The minimum absolute atomic E-state index is 1.07. The minimum atomic E-state index is 1.07. The minimum Gasteiger partial charge on any atom is -0.310 e. The molecular formula is C54H39N3. The Morgan fingerprint density at radius 2 is 0.667 bits per heavy atom. The second-order valence-corrected chi connectivity index (χ2v) is 14.3. The predicted octanol–water partition coefficient (Wildman–Crippen LogP) is 15.1. The lowest BCUT2D eigenvalue weighted by Gasteiger charge is -2.30. The standard InChI is InChI=1S/C54H39N3/c1-6-21-44(22-7-1)55(45-23-8-2-9-24-45)49-36-43(37-50(39-49)56(46-25-10-3-11-26-46)47-27-12-4-13-28-47)41-20-18-19-40(35-41)42-33-34-54-52(38-42)51-31-16-17-32-53(51)57(54)48-29-14-5-15-30-48/h1-39H. The number of nitrogens with zero attached hydrogens (tertiary/aromatic N) is 3. The Labute approximate surface area is 333 Å². The van der Waals surface area contributed by atoms with Crippen LogP contribution in [0.1, 0.15) is 0 Å². The van der Waals surface area contributed by atoms with Gasteiger partial charge in [-0.25, -0.2) is 0 Å². The molecule has 0 saturated heterocycles. The Bertz CT molecular complexity index is 2760. The van der Waals surface area contributed by atoms with Gasteiger partial charge >= 0.3 is 0 Å². The molecule has 270 valence electrons. The van der Waals surface area contributed by atoms with Crippen LogP contribution >= 0.6 is 0 Å². The van der Waals surface area contributed by atoms with Gasteiger partial charge in [-0.05, 0) is 125 Å². The summed E-state index contributed by atoms with van der Waals surface area (Å²) >= 11 is 0. The molecule has 0 spiro atoms. The van der Waals surface area contributed by atoms with Crippen LogP contribution in [0.25, 0.3) is 49.7 Å². The second-order valence-electron chi connectivity index (χ2n) is 14.3. The third-order valence-corrected chi connectivity index (χ3v) is 10.7. The molecule has 0 atom stereocenters. The Balaban J connectivity index is 1.16. The van der Waals surface area contributed by atoms with E-state index in [0.29, 0.717) is 0 Å². The molecule has 0 bridgehead atoms. The summed E-state index contributed by atoms with van der Waals surface area (Å²) in [5.74, 6) is 0. The van der Waals surface area contributed by atoms with Gasteiger partial charge in [0, 0.05) is 50.6 Å². The number of hydrogen-bond donors (Lipinski definition) is 0. The molecule has 3 heteroatoms. The molecule has 0 N–H and O–H groups in total. The fourth-order valence-corrected chi connectivity index (χ4v) is 8.11. The van der Waals surface area contributed by atoms with Gasteiger partial charge in [-0.3, -0.25) is 0 Å². The highest BCUT2D eigenvalue weighted by Gasteiger charge is 2.20. The maximum atomic E-state index is 2.37. The highest BCUT2D eigenvalue weighted by molar-refractivity contribution is 6.10. The molecule has 3 nitrogen and oxygen atoms in total. The summed E-state index contributed by atoms with van der Waals surface area (Å²) < 4.78 is 2.37. The van der Waals surface area contributed by atoms with E-state index in [1.54, 1.807) is 0 Å². The highest BCUT2D eigenvalue weighted by atomic mass is 15.2. The van der Waals surface area contributed by atoms with Gasteiger partial charge in [0.15, 0.2) is 0 Å². The van der Waals surface area contributed by atoms with E-state index in [9.17, 15) is 0 Å². The van der Waals surface area contributed by atoms with Crippen LogP contribution in [0, 0.1) is 0 Å². The molecule has 57 heavy (non-hydrogen) atoms. The monoisotopic (exact) mass is 729 g/mol. The topological polar surface area (TPSA) is 11.4 Å². The molecule has 0 radical (unpaired) electrons. The van der Waals surface area contributed by atoms with E-state index in [4.69, 9.17) is 0 Å². The Morgan fingerprint density at radius 1 is 0.246 bits per heavy atom. The van der Waals surface area contributed by atoms with Gasteiger partial charge in [0.05, 0.1) is 11.0 Å². The van der Waals surface area contributed by atoms with Gasteiger partial charge in [0.1, 0.15) is 0 Å². The van der Waals surface area contributed by atoms with Gasteiger partial charge in [-0.15, -0.1) is 0 Å². The van der Waals surface area contributed by atoms with Crippen LogP contribution in [0.2, 0.25) is 0 Å². The number of aromatic nitrogens is 1. The zero-order chi connectivity index (χ0) is 38.0. The van der Waals surface area contributed by atoms with Crippen LogP contribution in [0.15, 0.2) is 237 Å². The van der Waals surface area contributed by atoms with Crippen LogP contribution in [-0.4, -0.2) is 4.57 Å². The van der Waals surface area contributed by atoms with Crippen molar-refractivity contribution in [3.05, 3.63) is 237 Å². The number of hydrogen-bond acceptors (Lipinski definition) is 2. The molecule has 0 saturated carbocycles. The van der Waals surface area contributed by atoms with Gasteiger partial charge in [-0.2, -0.15) is 0 Å². The van der Waals surface area contributed by atoms with E-state index in [-0.39, 0.29) is 0 Å². The van der Waals surface area contributed by atoms with Crippen molar-refractivity contribution in [2.24, 2.45) is 0 Å². The van der Waals surface area contributed by atoms with Crippen molar-refractivity contribution in [3.63, 3.8) is 0 Å². The average molecular weight is 730 g/mol. The van der Waals surface area contributed by atoms with Gasteiger partial charge in [-0.1, -0.05) is 133 Å². The third kappa shape index (κ3) is 6.52.